The minimum atomic E-state index is -0.986. The van der Waals surface area contributed by atoms with Crippen LogP contribution in [0.1, 0.15) is 52.4 Å². The first-order valence-electron chi connectivity index (χ1n) is 10.2. The first kappa shape index (κ1) is 24.7. The second-order valence-electron chi connectivity index (χ2n) is 7.04. The molecule has 1 aliphatic rings. The lowest BCUT2D eigenvalue weighted by molar-refractivity contribution is -0.143. The van der Waals surface area contributed by atoms with E-state index in [1.54, 1.807) is 0 Å². The number of carbonyl (C=O) groups is 5. The van der Waals surface area contributed by atoms with Crippen molar-refractivity contribution in [2.24, 2.45) is 5.73 Å². The summed E-state index contributed by atoms with van der Waals surface area (Å²) < 4.78 is 0. The van der Waals surface area contributed by atoms with E-state index in [2.05, 4.69) is 16.0 Å². The van der Waals surface area contributed by atoms with Crippen LogP contribution in [0.2, 0.25) is 0 Å². The van der Waals surface area contributed by atoms with Gasteiger partial charge in [-0.15, -0.1) is 0 Å². The number of hydrogen-bond acceptors (Lipinski definition) is 7. The van der Waals surface area contributed by atoms with Gasteiger partial charge in [-0.05, 0) is 32.4 Å². The molecule has 0 radical (unpaired) electrons. The Kier molecular flexibility index (Phi) is 11.1. The second kappa shape index (κ2) is 13.0. The van der Waals surface area contributed by atoms with Crippen molar-refractivity contribution in [1.29, 1.82) is 0 Å². The Morgan fingerprint density at radius 3 is 2.55 bits per heavy atom. The molecule has 5 N–H and O–H groups in total. The number of nitrogens with one attached hydrogen (secondary N) is 3. The van der Waals surface area contributed by atoms with Gasteiger partial charge in [0.2, 0.25) is 17.7 Å². The van der Waals surface area contributed by atoms with Gasteiger partial charge in [-0.2, -0.15) is 0 Å². The largest absolute Gasteiger partial charge is 0.347 e. The standard InChI is InChI=1S/C19H33N5O5/c1-3-7-13(25)11-22-16(26)12-24-17(27)10-15(19(24)29)23-18(28)14(21-4-2)8-5-6-9-20/h14-15,21H,3-12,20H2,1-2H3,(H,22,26)(H,23,28). The van der Waals surface area contributed by atoms with Crippen LogP contribution in [-0.4, -0.2) is 72.6 Å². The van der Waals surface area contributed by atoms with Crippen LogP contribution in [0.3, 0.4) is 0 Å². The van der Waals surface area contributed by atoms with Crippen molar-refractivity contribution in [1.82, 2.24) is 20.9 Å². The molecule has 0 spiro atoms. The van der Waals surface area contributed by atoms with E-state index >= 15 is 0 Å². The van der Waals surface area contributed by atoms with Crippen molar-refractivity contribution in [3.05, 3.63) is 0 Å². The van der Waals surface area contributed by atoms with Gasteiger partial charge in [-0.1, -0.05) is 20.3 Å². The molecule has 0 aromatic carbocycles. The van der Waals surface area contributed by atoms with Crippen molar-refractivity contribution < 1.29 is 24.0 Å². The van der Waals surface area contributed by atoms with Gasteiger partial charge in [-0.25, -0.2) is 0 Å². The van der Waals surface area contributed by atoms with E-state index in [-0.39, 0.29) is 24.7 Å². The Hall–Kier alpha value is -2.33. The fourth-order valence-electron chi connectivity index (χ4n) is 3.06. The lowest BCUT2D eigenvalue weighted by Crippen LogP contribution is -2.50. The maximum Gasteiger partial charge on any atom is 0.252 e. The van der Waals surface area contributed by atoms with E-state index in [1.807, 2.05) is 13.8 Å². The van der Waals surface area contributed by atoms with Gasteiger partial charge >= 0.3 is 0 Å². The molecule has 1 saturated heterocycles. The molecule has 2 atom stereocenters. The summed E-state index contributed by atoms with van der Waals surface area (Å²) >= 11 is 0. The molecule has 4 amide bonds. The predicted octanol–water partition coefficient (Wildman–Crippen LogP) is -1.18. The molecular formula is C19H33N5O5. The van der Waals surface area contributed by atoms with E-state index in [0.29, 0.717) is 32.4 Å². The van der Waals surface area contributed by atoms with Gasteiger partial charge in [0, 0.05) is 6.42 Å². The number of Topliss-reactive ketones (excluding diaryl/α,β-unsaturated/α-hetero) is 1. The molecule has 1 heterocycles. The first-order chi connectivity index (χ1) is 13.8. The highest BCUT2D eigenvalue weighted by Crippen LogP contribution is 2.13. The molecule has 164 valence electrons. The van der Waals surface area contributed by atoms with Crippen molar-refractivity contribution in [3.63, 3.8) is 0 Å². The maximum absolute atomic E-state index is 12.5. The molecule has 29 heavy (non-hydrogen) atoms. The second-order valence-corrected chi connectivity index (χ2v) is 7.04. The number of likely N-dealkylation sites (tertiary alicyclic amines) is 1. The molecular weight excluding hydrogens is 378 g/mol. The zero-order valence-electron chi connectivity index (χ0n) is 17.3. The van der Waals surface area contributed by atoms with Crippen LogP contribution in [0, 0.1) is 0 Å². The smallest absolute Gasteiger partial charge is 0.252 e. The average molecular weight is 412 g/mol. The molecule has 1 rings (SSSR count). The van der Waals surface area contributed by atoms with Crippen LogP contribution in [0.15, 0.2) is 0 Å². The molecule has 1 aliphatic heterocycles. The molecule has 0 aliphatic carbocycles. The summed E-state index contributed by atoms with van der Waals surface area (Å²) in [5.41, 5.74) is 5.48. The number of likely N-dealkylation sites (N-methyl/N-ethyl adjacent to an activating group) is 1. The fraction of sp³-hybridized carbons (Fsp3) is 0.737. The number of hydrogen-bond donors (Lipinski definition) is 4. The predicted molar refractivity (Wildman–Crippen MR) is 107 cm³/mol. The highest BCUT2D eigenvalue weighted by molar-refractivity contribution is 6.09. The number of rotatable bonds is 14. The molecule has 1 fully saturated rings. The number of nitrogens with zero attached hydrogens (tertiary/aromatic N) is 1. The molecule has 10 nitrogen and oxygen atoms in total. The summed E-state index contributed by atoms with van der Waals surface area (Å²) in [7, 11) is 0. The van der Waals surface area contributed by atoms with Gasteiger partial charge in [0.15, 0.2) is 5.78 Å². The van der Waals surface area contributed by atoms with Gasteiger partial charge in [-0.3, -0.25) is 28.9 Å². The molecule has 0 bridgehead atoms. The van der Waals surface area contributed by atoms with Crippen LogP contribution in [0.25, 0.3) is 0 Å². The van der Waals surface area contributed by atoms with E-state index < -0.39 is 36.3 Å². The SMILES string of the molecule is CCCC(=O)CNC(=O)CN1C(=O)CC(NC(=O)C(CCCCN)NCC)C1=O. The van der Waals surface area contributed by atoms with E-state index in [0.717, 1.165) is 17.7 Å². The maximum atomic E-state index is 12.5. The molecule has 2 unspecified atom stereocenters. The zero-order chi connectivity index (χ0) is 21.8. The third-order valence-electron chi connectivity index (χ3n) is 4.59. The van der Waals surface area contributed by atoms with E-state index in [4.69, 9.17) is 5.73 Å². The summed E-state index contributed by atoms with van der Waals surface area (Å²) in [6, 6.07) is -1.46. The summed E-state index contributed by atoms with van der Waals surface area (Å²) in [5.74, 6) is -2.20. The Labute approximate surface area is 171 Å². The number of ketones is 1. The van der Waals surface area contributed by atoms with Gasteiger partial charge < -0.3 is 21.7 Å². The Balaban J connectivity index is 2.57. The summed E-state index contributed by atoms with van der Waals surface area (Å²) in [4.78, 5) is 61.4. The van der Waals surface area contributed by atoms with E-state index in [9.17, 15) is 24.0 Å². The van der Waals surface area contributed by atoms with Crippen molar-refractivity contribution in [2.45, 2.75) is 64.5 Å². The Bertz CT molecular complexity index is 610. The van der Waals surface area contributed by atoms with Crippen molar-refractivity contribution in [3.8, 4) is 0 Å². The zero-order valence-corrected chi connectivity index (χ0v) is 17.3. The Morgan fingerprint density at radius 2 is 1.93 bits per heavy atom. The molecule has 0 aromatic heterocycles. The minimum absolute atomic E-state index is 0.117. The first-order valence-corrected chi connectivity index (χ1v) is 10.2. The van der Waals surface area contributed by atoms with Gasteiger partial charge in [0.25, 0.3) is 5.91 Å². The van der Waals surface area contributed by atoms with Crippen molar-refractivity contribution in [2.75, 3.05) is 26.2 Å². The fourth-order valence-corrected chi connectivity index (χ4v) is 3.06. The molecule has 0 saturated carbocycles. The van der Waals surface area contributed by atoms with Crippen LogP contribution in [0.5, 0.6) is 0 Å². The highest BCUT2D eigenvalue weighted by Gasteiger charge is 2.40. The van der Waals surface area contributed by atoms with E-state index in [1.165, 1.54) is 0 Å². The lowest BCUT2D eigenvalue weighted by atomic mass is 10.1. The topological polar surface area (TPSA) is 151 Å². The van der Waals surface area contributed by atoms with Gasteiger partial charge in [0.1, 0.15) is 12.6 Å². The molecule has 10 heteroatoms. The summed E-state index contributed by atoms with van der Waals surface area (Å²) in [6.45, 7) is 4.26. The highest BCUT2D eigenvalue weighted by atomic mass is 16.2. The van der Waals surface area contributed by atoms with Crippen LogP contribution in [-0.2, 0) is 24.0 Å². The average Bonchev–Trinajstić information content (AvgIpc) is 2.93. The minimum Gasteiger partial charge on any atom is -0.347 e. The summed E-state index contributed by atoms with van der Waals surface area (Å²) in [5, 5.41) is 8.09. The number of amides is 4. The third kappa shape index (κ3) is 8.28. The van der Waals surface area contributed by atoms with Crippen LogP contribution < -0.4 is 21.7 Å². The van der Waals surface area contributed by atoms with Crippen molar-refractivity contribution >= 4 is 29.4 Å². The monoisotopic (exact) mass is 411 g/mol. The summed E-state index contributed by atoms with van der Waals surface area (Å²) in [6.07, 6.45) is 2.98. The lowest BCUT2D eigenvalue weighted by Gasteiger charge is -2.20. The number of carbonyl (C=O) groups excluding carboxylic acids is 5. The van der Waals surface area contributed by atoms with Gasteiger partial charge in [0.05, 0.1) is 19.0 Å². The quantitative estimate of drug-likeness (QED) is 0.207. The Morgan fingerprint density at radius 1 is 1.21 bits per heavy atom. The molecule has 0 aromatic rings. The normalized spacial score (nSPS) is 17.3. The number of imide groups is 1. The number of nitrogens with two attached hydrogens (primary N) is 1. The van der Waals surface area contributed by atoms with Crippen LogP contribution in [0.4, 0.5) is 0 Å². The van der Waals surface area contributed by atoms with Crippen LogP contribution >= 0.6 is 0 Å². The third-order valence-corrected chi connectivity index (χ3v) is 4.59. The number of unbranched alkanes of at least 4 members (excludes halogenated alkanes) is 1.